The lowest BCUT2D eigenvalue weighted by Crippen LogP contribution is -2.28. The summed E-state index contributed by atoms with van der Waals surface area (Å²) in [7, 11) is 0. The van der Waals surface area contributed by atoms with Crippen molar-refractivity contribution in [3.8, 4) is 11.3 Å². The second-order valence-electron chi connectivity index (χ2n) is 6.43. The lowest BCUT2D eigenvalue weighted by atomic mass is 10.1. The Kier molecular flexibility index (Phi) is 6.18. The zero-order valence-electron chi connectivity index (χ0n) is 16.2. The first-order chi connectivity index (χ1) is 13.9. The number of halogens is 1. The summed E-state index contributed by atoms with van der Waals surface area (Å²) >= 11 is 6.33. The van der Waals surface area contributed by atoms with Gasteiger partial charge in [0.05, 0.1) is 28.7 Å². The Morgan fingerprint density at radius 3 is 2.72 bits per heavy atom. The number of benzene rings is 1. The van der Waals surface area contributed by atoms with E-state index in [0.29, 0.717) is 40.0 Å². The molecule has 2 aromatic heterocycles. The van der Waals surface area contributed by atoms with Gasteiger partial charge in [0.25, 0.3) is 0 Å². The quantitative estimate of drug-likeness (QED) is 0.578. The van der Waals surface area contributed by atoms with Gasteiger partial charge in [0.1, 0.15) is 0 Å². The van der Waals surface area contributed by atoms with Gasteiger partial charge in [-0.15, -0.1) is 0 Å². The number of ether oxygens (including phenoxy) is 1. The summed E-state index contributed by atoms with van der Waals surface area (Å²) < 4.78 is 6.73. The van der Waals surface area contributed by atoms with Crippen molar-refractivity contribution in [3.05, 3.63) is 41.8 Å². The van der Waals surface area contributed by atoms with Gasteiger partial charge in [-0.05, 0) is 39.0 Å². The van der Waals surface area contributed by atoms with Gasteiger partial charge in [0, 0.05) is 30.2 Å². The van der Waals surface area contributed by atoms with E-state index in [4.69, 9.17) is 16.3 Å². The minimum Gasteiger partial charge on any atom is -0.447 e. The first kappa shape index (κ1) is 20.4. The number of nitrogens with zero attached hydrogens (tertiary/aromatic N) is 3. The van der Waals surface area contributed by atoms with Crippen molar-refractivity contribution in [3.63, 3.8) is 0 Å². The number of carbonyl (C=O) groups is 2. The number of imidazole rings is 1. The fourth-order valence-electron chi connectivity index (χ4n) is 2.58. The molecule has 0 atom stereocenters. The molecular formula is C19H21ClN6O3. The van der Waals surface area contributed by atoms with Crippen LogP contribution in [0.15, 0.2) is 36.8 Å². The number of hydrogen-bond donors (Lipinski definition) is 3. The molecule has 0 unspecified atom stereocenters. The molecule has 0 fully saturated rings. The van der Waals surface area contributed by atoms with E-state index in [2.05, 4.69) is 25.9 Å². The fourth-order valence-corrected chi connectivity index (χ4v) is 2.79. The molecule has 0 aliphatic carbocycles. The van der Waals surface area contributed by atoms with Crippen LogP contribution in [0.1, 0.15) is 20.8 Å². The molecule has 0 spiro atoms. The van der Waals surface area contributed by atoms with Crippen LogP contribution in [0.2, 0.25) is 5.02 Å². The molecule has 3 N–H and O–H groups in total. The number of rotatable bonds is 5. The first-order valence-corrected chi connectivity index (χ1v) is 9.40. The second-order valence-corrected chi connectivity index (χ2v) is 6.84. The summed E-state index contributed by atoms with van der Waals surface area (Å²) in [5, 5.41) is 8.50. The molecule has 3 aromatic rings. The predicted octanol–water partition coefficient (Wildman–Crippen LogP) is 4.15. The lowest BCUT2D eigenvalue weighted by molar-refractivity contribution is 0.130. The van der Waals surface area contributed by atoms with Gasteiger partial charge in [0.15, 0.2) is 0 Å². The van der Waals surface area contributed by atoms with E-state index >= 15 is 0 Å². The molecule has 2 heterocycles. The normalized spacial score (nSPS) is 10.8. The summed E-state index contributed by atoms with van der Waals surface area (Å²) in [6.45, 7) is 5.89. The molecule has 10 heteroatoms. The smallest absolute Gasteiger partial charge is 0.411 e. The van der Waals surface area contributed by atoms with Gasteiger partial charge in [-0.1, -0.05) is 11.6 Å². The van der Waals surface area contributed by atoms with E-state index in [0.717, 1.165) is 0 Å². The van der Waals surface area contributed by atoms with Crippen molar-refractivity contribution >= 4 is 40.9 Å². The zero-order chi connectivity index (χ0) is 21.0. The Balaban J connectivity index is 1.86. The van der Waals surface area contributed by atoms with E-state index in [1.807, 2.05) is 6.92 Å². The van der Waals surface area contributed by atoms with Crippen molar-refractivity contribution in [1.29, 1.82) is 0 Å². The molecule has 0 aliphatic rings. The molecule has 1 aromatic carbocycles. The number of aromatic nitrogens is 3. The largest absolute Gasteiger partial charge is 0.447 e. The molecule has 0 saturated heterocycles. The number of carbonyl (C=O) groups excluding carboxylic acids is 2. The van der Waals surface area contributed by atoms with Crippen molar-refractivity contribution < 1.29 is 14.3 Å². The van der Waals surface area contributed by atoms with Crippen molar-refractivity contribution in [2.45, 2.75) is 26.9 Å². The van der Waals surface area contributed by atoms with Crippen LogP contribution in [0, 0.1) is 0 Å². The highest BCUT2D eigenvalue weighted by Crippen LogP contribution is 2.30. The maximum Gasteiger partial charge on any atom is 0.411 e. The maximum atomic E-state index is 11.8. The van der Waals surface area contributed by atoms with E-state index in [1.54, 1.807) is 48.8 Å². The van der Waals surface area contributed by atoms with Gasteiger partial charge < -0.3 is 15.4 Å². The number of hydrogen-bond acceptors (Lipinski definition) is 5. The van der Waals surface area contributed by atoms with Crippen molar-refractivity contribution in [1.82, 2.24) is 19.7 Å². The molecule has 9 nitrogen and oxygen atoms in total. The minimum atomic E-state index is -0.561. The van der Waals surface area contributed by atoms with E-state index in [-0.39, 0.29) is 12.1 Å². The van der Waals surface area contributed by atoms with Crippen LogP contribution < -0.4 is 16.0 Å². The van der Waals surface area contributed by atoms with Crippen LogP contribution in [0.5, 0.6) is 0 Å². The van der Waals surface area contributed by atoms with Gasteiger partial charge >= 0.3 is 12.1 Å². The Bertz CT molecular complexity index is 1050. The van der Waals surface area contributed by atoms with Crippen LogP contribution in [-0.4, -0.2) is 39.1 Å². The van der Waals surface area contributed by atoms with Crippen LogP contribution in [0.4, 0.5) is 21.0 Å². The first-order valence-electron chi connectivity index (χ1n) is 9.03. The lowest BCUT2D eigenvalue weighted by Gasteiger charge is -2.09. The predicted molar refractivity (Wildman–Crippen MR) is 111 cm³/mol. The van der Waals surface area contributed by atoms with E-state index in [9.17, 15) is 9.59 Å². The third-order valence-electron chi connectivity index (χ3n) is 3.74. The molecule has 3 rings (SSSR count). The average molecular weight is 417 g/mol. The van der Waals surface area contributed by atoms with Gasteiger partial charge in [0.2, 0.25) is 5.78 Å². The molecule has 0 aliphatic heterocycles. The highest BCUT2D eigenvalue weighted by atomic mass is 35.5. The highest BCUT2D eigenvalue weighted by molar-refractivity contribution is 6.33. The highest BCUT2D eigenvalue weighted by Gasteiger charge is 2.13. The monoisotopic (exact) mass is 416 g/mol. The van der Waals surface area contributed by atoms with Gasteiger partial charge in [-0.3, -0.25) is 9.72 Å². The summed E-state index contributed by atoms with van der Waals surface area (Å²) in [6.07, 6.45) is 4.11. The molecule has 0 radical (unpaired) electrons. The van der Waals surface area contributed by atoms with Crippen LogP contribution in [-0.2, 0) is 4.74 Å². The third kappa shape index (κ3) is 5.14. The maximum absolute atomic E-state index is 11.8. The Morgan fingerprint density at radius 1 is 1.21 bits per heavy atom. The standard InChI is InChI=1S/C19H21ClN6O3/c1-4-21-18(27)23-12-5-6-15(20)14(7-12)16-10-26-9-13(8-22-17(26)25-16)24-19(28)29-11(2)3/h5-11H,4H2,1-3H3,(H,24,28)(H2,21,23,27). The summed E-state index contributed by atoms with van der Waals surface area (Å²) in [4.78, 5) is 32.2. The van der Waals surface area contributed by atoms with E-state index < -0.39 is 6.09 Å². The Morgan fingerprint density at radius 2 is 2.00 bits per heavy atom. The average Bonchev–Trinajstić information content (AvgIpc) is 3.05. The molecule has 29 heavy (non-hydrogen) atoms. The van der Waals surface area contributed by atoms with Gasteiger partial charge in [-0.25, -0.2) is 19.6 Å². The molecular weight excluding hydrogens is 396 g/mol. The molecule has 152 valence electrons. The van der Waals surface area contributed by atoms with Gasteiger partial charge in [-0.2, -0.15) is 0 Å². The number of nitrogens with one attached hydrogen (secondary N) is 3. The van der Waals surface area contributed by atoms with E-state index in [1.165, 1.54) is 6.20 Å². The fraction of sp³-hybridized carbons (Fsp3) is 0.263. The van der Waals surface area contributed by atoms with Crippen molar-refractivity contribution in [2.24, 2.45) is 0 Å². The summed E-state index contributed by atoms with van der Waals surface area (Å²) in [5.74, 6) is 0.431. The Hall–Kier alpha value is -3.33. The number of urea groups is 1. The summed E-state index contributed by atoms with van der Waals surface area (Å²) in [6, 6.07) is 4.82. The van der Waals surface area contributed by atoms with Crippen LogP contribution >= 0.6 is 11.6 Å². The topological polar surface area (TPSA) is 110 Å². The second kappa shape index (κ2) is 8.78. The number of fused-ring (bicyclic) bond motifs is 1. The third-order valence-corrected chi connectivity index (χ3v) is 4.07. The van der Waals surface area contributed by atoms with Crippen LogP contribution in [0.3, 0.4) is 0 Å². The molecule has 0 saturated carbocycles. The molecule has 3 amide bonds. The molecule has 0 bridgehead atoms. The summed E-state index contributed by atoms with van der Waals surface area (Å²) in [5.41, 5.74) is 2.26. The Labute approximate surface area is 172 Å². The number of amides is 3. The van der Waals surface area contributed by atoms with Crippen LogP contribution in [0.25, 0.3) is 17.0 Å². The SMILES string of the molecule is CCNC(=O)Nc1ccc(Cl)c(-c2cn3cc(NC(=O)OC(C)C)cnc3n2)c1. The zero-order valence-corrected chi connectivity index (χ0v) is 16.9. The van der Waals surface area contributed by atoms with Crippen molar-refractivity contribution in [2.75, 3.05) is 17.2 Å². The minimum absolute atomic E-state index is 0.228. The number of anilines is 2.